The van der Waals surface area contributed by atoms with Crippen molar-refractivity contribution >= 4 is 21.9 Å². The molecule has 3 aromatic rings. The number of ether oxygens (including phenoxy) is 1. The van der Waals surface area contributed by atoms with E-state index in [0.29, 0.717) is 34.2 Å². The van der Waals surface area contributed by atoms with Crippen LogP contribution in [0.5, 0.6) is 5.75 Å². The Kier molecular flexibility index (Phi) is 5.06. The van der Waals surface area contributed by atoms with Crippen molar-refractivity contribution in [1.82, 2.24) is 4.90 Å². The highest BCUT2D eigenvalue weighted by atomic mass is 16.5. The van der Waals surface area contributed by atoms with Crippen LogP contribution in [-0.4, -0.2) is 36.8 Å². The van der Waals surface area contributed by atoms with Crippen LogP contribution in [0.25, 0.3) is 21.9 Å². The van der Waals surface area contributed by atoms with E-state index in [0.717, 1.165) is 12.0 Å². The van der Waals surface area contributed by atoms with Crippen molar-refractivity contribution in [3.05, 3.63) is 52.2 Å². The number of methoxy groups -OCH3 is 1. The fourth-order valence-electron chi connectivity index (χ4n) is 3.14. The maximum absolute atomic E-state index is 12.8. The predicted octanol–water partition coefficient (Wildman–Crippen LogP) is 3.16. The third kappa shape index (κ3) is 3.25. The van der Waals surface area contributed by atoms with Crippen molar-refractivity contribution < 1.29 is 14.3 Å². The number of para-hydroxylation sites is 1. The van der Waals surface area contributed by atoms with Gasteiger partial charge in [-0.1, -0.05) is 19.1 Å². The normalized spacial score (nSPS) is 12.8. The number of rotatable bonds is 6. The van der Waals surface area contributed by atoms with Crippen LogP contribution in [0.1, 0.15) is 18.9 Å². The van der Waals surface area contributed by atoms with E-state index in [1.54, 1.807) is 31.4 Å². The summed E-state index contributed by atoms with van der Waals surface area (Å²) in [5.41, 5.74) is 1.99. The first-order chi connectivity index (χ1) is 12.1. The van der Waals surface area contributed by atoms with Gasteiger partial charge in [-0.05, 0) is 31.7 Å². The van der Waals surface area contributed by atoms with E-state index in [2.05, 4.69) is 4.90 Å². The lowest BCUT2D eigenvalue weighted by Gasteiger charge is -2.25. The van der Waals surface area contributed by atoms with Gasteiger partial charge in [0, 0.05) is 24.2 Å². The molecule has 0 aliphatic heterocycles. The Bertz CT molecular complexity index is 943. The second-order valence-corrected chi connectivity index (χ2v) is 6.25. The lowest BCUT2D eigenvalue weighted by atomic mass is 10.1. The summed E-state index contributed by atoms with van der Waals surface area (Å²) in [4.78, 5) is 14.9. The number of likely N-dealkylation sites (N-methyl/N-ethyl adjacent to an activating group) is 1. The van der Waals surface area contributed by atoms with Crippen LogP contribution in [-0.2, 0) is 6.54 Å². The molecule has 1 aromatic heterocycles. The SMILES string of the molecule is CC[C@H](CO)N(C)Cc1cccc2c(=O)c3ccc(OC)cc3oc12. The summed E-state index contributed by atoms with van der Waals surface area (Å²) in [6.07, 6.45) is 0.849. The predicted molar refractivity (Wildman–Crippen MR) is 99.2 cm³/mol. The van der Waals surface area contributed by atoms with Gasteiger partial charge in [0.15, 0.2) is 0 Å². The summed E-state index contributed by atoms with van der Waals surface area (Å²) in [6.45, 7) is 2.73. The van der Waals surface area contributed by atoms with Crippen LogP contribution in [0, 0.1) is 0 Å². The molecule has 0 saturated carbocycles. The summed E-state index contributed by atoms with van der Waals surface area (Å²) in [7, 11) is 3.55. The van der Waals surface area contributed by atoms with E-state index in [1.807, 2.05) is 26.1 Å². The average molecular weight is 341 g/mol. The molecule has 0 aliphatic rings. The molecule has 0 radical (unpaired) electrons. The second kappa shape index (κ2) is 7.25. The number of aliphatic hydroxyl groups excluding tert-OH is 1. The molecule has 1 heterocycles. The number of aliphatic hydroxyl groups is 1. The number of benzene rings is 2. The minimum atomic E-state index is -0.0439. The molecular weight excluding hydrogens is 318 g/mol. The summed E-state index contributed by atoms with van der Waals surface area (Å²) in [5, 5.41) is 10.6. The summed E-state index contributed by atoms with van der Waals surface area (Å²) in [5.74, 6) is 0.649. The Labute approximate surface area is 146 Å². The van der Waals surface area contributed by atoms with Crippen molar-refractivity contribution in [1.29, 1.82) is 0 Å². The third-order valence-electron chi connectivity index (χ3n) is 4.71. The van der Waals surface area contributed by atoms with Crippen LogP contribution >= 0.6 is 0 Å². The van der Waals surface area contributed by atoms with Gasteiger partial charge in [0.2, 0.25) is 5.43 Å². The number of hydrogen-bond acceptors (Lipinski definition) is 5. The van der Waals surface area contributed by atoms with Gasteiger partial charge in [0.1, 0.15) is 16.9 Å². The molecule has 1 atom stereocenters. The van der Waals surface area contributed by atoms with Gasteiger partial charge in [0.25, 0.3) is 0 Å². The topological polar surface area (TPSA) is 62.9 Å². The van der Waals surface area contributed by atoms with Crippen molar-refractivity contribution in [2.24, 2.45) is 0 Å². The highest BCUT2D eigenvalue weighted by molar-refractivity contribution is 5.91. The minimum absolute atomic E-state index is 0.0439. The summed E-state index contributed by atoms with van der Waals surface area (Å²) in [6, 6.07) is 10.9. The molecule has 0 saturated heterocycles. The van der Waals surface area contributed by atoms with E-state index in [1.165, 1.54) is 0 Å². The third-order valence-corrected chi connectivity index (χ3v) is 4.71. The Morgan fingerprint density at radius 2 is 2.04 bits per heavy atom. The van der Waals surface area contributed by atoms with E-state index in [4.69, 9.17) is 9.15 Å². The first-order valence-corrected chi connectivity index (χ1v) is 8.42. The molecule has 0 fully saturated rings. The monoisotopic (exact) mass is 341 g/mol. The number of hydrogen-bond donors (Lipinski definition) is 1. The highest BCUT2D eigenvalue weighted by Crippen LogP contribution is 2.25. The molecule has 5 nitrogen and oxygen atoms in total. The molecule has 0 unspecified atom stereocenters. The minimum Gasteiger partial charge on any atom is -0.497 e. The number of nitrogens with zero attached hydrogens (tertiary/aromatic N) is 1. The number of fused-ring (bicyclic) bond motifs is 2. The first-order valence-electron chi connectivity index (χ1n) is 8.42. The van der Waals surface area contributed by atoms with Crippen molar-refractivity contribution in [2.45, 2.75) is 25.9 Å². The van der Waals surface area contributed by atoms with E-state index < -0.39 is 0 Å². The van der Waals surface area contributed by atoms with Crippen LogP contribution in [0.2, 0.25) is 0 Å². The zero-order valence-corrected chi connectivity index (χ0v) is 14.8. The maximum Gasteiger partial charge on any atom is 0.200 e. The molecular formula is C20H23NO4. The lowest BCUT2D eigenvalue weighted by Crippen LogP contribution is -2.33. The molecule has 2 aromatic carbocycles. The molecule has 132 valence electrons. The van der Waals surface area contributed by atoms with Crippen LogP contribution in [0.4, 0.5) is 0 Å². The molecule has 0 spiro atoms. The molecule has 0 aliphatic carbocycles. The molecule has 0 bridgehead atoms. The smallest absolute Gasteiger partial charge is 0.200 e. The summed E-state index contributed by atoms with van der Waals surface area (Å²) < 4.78 is 11.3. The van der Waals surface area contributed by atoms with Crippen LogP contribution < -0.4 is 10.2 Å². The molecule has 3 rings (SSSR count). The maximum atomic E-state index is 12.8. The fourth-order valence-corrected chi connectivity index (χ4v) is 3.14. The molecule has 1 N–H and O–H groups in total. The molecule has 5 heteroatoms. The Hall–Kier alpha value is -2.37. The Morgan fingerprint density at radius 1 is 1.24 bits per heavy atom. The Morgan fingerprint density at radius 3 is 2.72 bits per heavy atom. The van der Waals surface area contributed by atoms with Gasteiger partial charge in [0.05, 0.1) is 24.5 Å². The largest absolute Gasteiger partial charge is 0.497 e. The van der Waals surface area contributed by atoms with Gasteiger partial charge in [-0.3, -0.25) is 9.69 Å². The molecule has 25 heavy (non-hydrogen) atoms. The van der Waals surface area contributed by atoms with Crippen LogP contribution in [0.3, 0.4) is 0 Å². The molecule has 0 amide bonds. The lowest BCUT2D eigenvalue weighted by molar-refractivity contribution is 0.138. The standard InChI is InChI=1S/C20H23NO4/c1-4-14(12-22)21(2)11-13-6-5-7-17-19(23)16-9-8-15(24-3)10-18(16)25-20(13)17/h5-10,14,22H,4,11-12H2,1-3H3/t14-/m1/s1. The Balaban J connectivity index is 2.15. The zero-order valence-electron chi connectivity index (χ0n) is 14.8. The first kappa shape index (κ1) is 17.5. The zero-order chi connectivity index (χ0) is 18.0. The highest BCUT2D eigenvalue weighted by Gasteiger charge is 2.16. The van der Waals surface area contributed by atoms with E-state index >= 15 is 0 Å². The van der Waals surface area contributed by atoms with Crippen molar-refractivity contribution in [3.63, 3.8) is 0 Å². The van der Waals surface area contributed by atoms with Gasteiger partial charge >= 0.3 is 0 Å². The van der Waals surface area contributed by atoms with Gasteiger partial charge in [-0.15, -0.1) is 0 Å². The van der Waals surface area contributed by atoms with Gasteiger partial charge in [-0.25, -0.2) is 0 Å². The van der Waals surface area contributed by atoms with E-state index in [-0.39, 0.29) is 18.1 Å². The van der Waals surface area contributed by atoms with Crippen molar-refractivity contribution in [2.75, 3.05) is 20.8 Å². The second-order valence-electron chi connectivity index (χ2n) is 6.25. The fraction of sp³-hybridized carbons (Fsp3) is 0.350. The van der Waals surface area contributed by atoms with Crippen LogP contribution in [0.15, 0.2) is 45.6 Å². The average Bonchev–Trinajstić information content (AvgIpc) is 2.63. The van der Waals surface area contributed by atoms with Gasteiger partial charge < -0.3 is 14.3 Å². The van der Waals surface area contributed by atoms with Gasteiger partial charge in [-0.2, -0.15) is 0 Å². The van der Waals surface area contributed by atoms with Crippen molar-refractivity contribution in [3.8, 4) is 5.75 Å². The summed E-state index contributed by atoms with van der Waals surface area (Å²) >= 11 is 0. The quantitative estimate of drug-likeness (QED) is 0.698. The van der Waals surface area contributed by atoms with E-state index in [9.17, 15) is 9.90 Å².